The third-order valence-corrected chi connectivity index (χ3v) is 7.72. The van der Waals surface area contributed by atoms with Crippen molar-refractivity contribution in [3.05, 3.63) is 90.3 Å². The summed E-state index contributed by atoms with van der Waals surface area (Å²) in [5.74, 6) is -0.225. The highest BCUT2D eigenvalue weighted by atomic mass is 19.1. The van der Waals surface area contributed by atoms with Crippen LogP contribution in [0.15, 0.2) is 73.1 Å². The molecule has 35 heavy (non-hydrogen) atoms. The summed E-state index contributed by atoms with van der Waals surface area (Å²) in [6.07, 6.45) is 7.75. The van der Waals surface area contributed by atoms with E-state index in [1.54, 1.807) is 35.0 Å². The fourth-order valence-corrected chi connectivity index (χ4v) is 6.03. The predicted octanol–water partition coefficient (Wildman–Crippen LogP) is 4.83. The average molecular weight is 471 g/mol. The summed E-state index contributed by atoms with van der Waals surface area (Å²) in [7, 11) is 0. The van der Waals surface area contributed by atoms with Gasteiger partial charge in [-0.3, -0.25) is 9.20 Å². The van der Waals surface area contributed by atoms with Crippen LogP contribution in [0.3, 0.4) is 0 Å². The number of fused-ring (bicyclic) bond motifs is 2. The molecule has 2 aromatic heterocycles. The monoisotopic (exact) mass is 470 g/mol. The molecular weight excluding hydrogens is 443 g/mol. The first-order valence-corrected chi connectivity index (χ1v) is 12.2. The standard InChI is InChI=1S/C28H27FN4O2/c29-21-13-11-19(12-14-21)24-25-30-16-6-17-33(25)26(31-24)27(34)32-18-15-28(35,20-7-2-1-3-8-20)22-9-4-5-10-23(22)32/h1-3,6-8,11-14,16-17,22-23,35H,4-5,9-10,15,18H2/t22-,23+,28?/m1/s1. The summed E-state index contributed by atoms with van der Waals surface area (Å²) in [6, 6.07) is 17.6. The molecular formula is C28H27FN4O2. The van der Waals surface area contributed by atoms with E-state index >= 15 is 0 Å². The van der Waals surface area contributed by atoms with Crippen LogP contribution in [0.25, 0.3) is 16.9 Å². The normalized spacial score (nSPS) is 24.3. The zero-order valence-corrected chi connectivity index (χ0v) is 19.3. The largest absolute Gasteiger partial charge is 0.385 e. The van der Waals surface area contributed by atoms with Gasteiger partial charge in [0.1, 0.15) is 11.5 Å². The molecule has 6 rings (SSSR count). The number of amides is 1. The molecule has 2 fully saturated rings. The van der Waals surface area contributed by atoms with Crippen LogP contribution in [-0.2, 0) is 5.60 Å². The maximum absolute atomic E-state index is 14.0. The third-order valence-electron chi connectivity index (χ3n) is 7.72. The summed E-state index contributed by atoms with van der Waals surface area (Å²) in [6.45, 7) is 0.451. The molecule has 3 atom stereocenters. The van der Waals surface area contributed by atoms with Gasteiger partial charge < -0.3 is 10.0 Å². The number of likely N-dealkylation sites (tertiary alicyclic amines) is 1. The van der Waals surface area contributed by atoms with Gasteiger partial charge in [0.05, 0.1) is 5.60 Å². The second-order valence-corrected chi connectivity index (χ2v) is 9.60. The summed E-state index contributed by atoms with van der Waals surface area (Å²) in [5.41, 5.74) is 1.79. The number of imidazole rings is 1. The molecule has 0 spiro atoms. The minimum atomic E-state index is -0.946. The van der Waals surface area contributed by atoms with Crippen LogP contribution < -0.4 is 0 Å². The molecule has 1 amide bonds. The van der Waals surface area contributed by atoms with Crippen LogP contribution in [-0.4, -0.2) is 42.9 Å². The van der Waals surface area contributed by atoms with Gasteiger partial charge in [-0.2, -0.15) is 0 Å². The van der Waals surface area contributed by atoms with Gasteiger partial charge in [0.15, 0.2) is 5.65 Å². The van der Waals surface area contributed by atoms with Crippen LogP contribution in [0.5, 0.6) is 0 Å². The Kier molecular flexibility index (Phi) is 5.37. The first kappa shape index (κ1) is 21.9. The Bertz CT molecular complexity index is 1370. The van der Waals surface area contributed by atoms with E-state index in [1.807, 2.05) is 35.2 Å². The lowest BCUT2D eigenvalue weighted by Crippen LogP contribution is -2.59. The number of hydrogen-bond donors (Lipinski definition) is 1. The molecule has 0 bridgehead atoms. The summed E-state index contributed by atoms with van der Waals surface area (Å²) >= 11 is 0. The number of carbonyl (C=O) groups is 1. The van der Waals surface area contributed by atoms with E-state index < -0.39 is 5.60 Å². The zero-order chi connectivity index (χ0) is 24.0. The van der Waals surface area contributed by atoms with E-state index in [4.69, 9.17) is 4.98 Å². The van der Waals surface area contributed by atoms with Crippen LogP contribution in [0, 0.1) is 11.7 Å². The fourth-order valence-electron chi connectivity index (χ4n) is 6.03. The lowest BCUT2D eigenvalue weighted by Gasteiger charge is -2.52. The van der Waals surface area contributed by atoms with E-state index in [2.05, 4.69) is 4.98 Å². The number of hydrogen-bond acceptors (Lipinski definition) is 4. The highest BCUT2D eigenvalue weighted by Crippen LogP contribution is 2.47. The molecule has 1 saturated carbocycles. The fraction of sp³-hybridized carbons (Fsp3) is 0.321. The van der Waals surface area contributed by atoms with E-state index in [9.17, 15) is 14.3 Å². The smallest absolute Gasteiger partial charge is 0.290 e. The molecule has 1 aliphatic carbocycles. The Balaban J connectivity index is 1.39. The maximum Gasteiger partial charge on any atom is 0.290 e. The number of carbonyl (C=O) groups excluding carboxylic acids is 1. The van der Waals surface area contributed by atoms with Crippen molar-refractivity contribution in [2.24, 2.45) is 5.92 Å². The van der Waals surface area contributed by atoms with E-state index in [0.717, 1.165) is 31.2 Å². The van der Waals surface area contributed by atoms with E-state index in [0.29, 0.717) is 35.7 Å². The maximum atomic E-state index is 14.0. The average Bonchev–Trinajstić information content (AvgIpc) is 3.29. The molecule has 4 aromatic rings. The Morgan fingerprint density at radius 1 is 1.03 bits per heavy atom. The van der Waals surface area contributed by atoms with Gasteiger partial charge in [0, 0.05) is 36.5 Å². The highest BCUT2D eigenvalue weighted by Gasteiger charge is 2.50. The molecule has 2 aromatic carbocycles. The minimum absolute atomic E-state index is 0.0303. The molecule has 7 heteroatoms. The van der Waals surface area contributed by atoms with Gasteiger partial charge in [0.2, 0.25) is 5.82 Å². The van der Waals surface area contributed by atoms with Crippen molar-refractivity contribution in [2.75, 3.05) is 6.54 Å². The number of benzene rings is 2. The molecule has 1 unspecified atom stereocenters. The van der Waals surface area contributed by atoms with E-state index in [-0.39, 0.29) is 23.7 Å². The van der Waals surface area contributed by atoms with Gasteiger partial charge in [-0.15, -0.1) is 0 Å². The van der Waals surface area contributed by atoms with Gasteiger partial charge in [-0.25, -0.2) is 14.4 Å². The van der Waals surface area contributed by atoms with Crippen LogP contribution >= 0.6 is 0 Å². The first-order chi connectivity index (χ1) is 17.1. The SMILES string of the molecule is O=C(c1nc(-c2ccc(F)cc2)c2ncccn12)N1CCC(O)(c2ccccc2)[C@@H]2CCCC[C@@H]21. The second-order valence-electron chi connectivity index (χ2n) is 9.60. The molecule has 6 nitrogen and oxygen atoms in total. The molecule has 0 radical (unpaired) electrons. The Morgan fingerprint density at radius 3 is 2.60 bits per heavy atom. The second kappa shape index (κ2) is 8.57. The zero-order valence-electron chi connectivity index (χ0n) is 19.3. The van der Waals surface area contributed by atoms with Crippen molar-refractivity contribution in [3.8, 4) is 11.3 Å². The van der Waals surface area contributed by atoms with Crippen molar-refractivity contribution in [3.63, 3.8) is 0 Å². The predicted molar refractivity (Wildman–Crippen MR) is 130 cm³/mol. The number of aromatic nitrogens is 3. The van der Waals surface area contributed by atoms with Crippen LogP contribution in [0.1, 0.15) is 48.3 Å². The molecule has 1 N–H and O–H groups in total. The molecule has 3 heterocycles. The van der Waals surface area contributed by atoms with Crippen molar-refractivity contribution in [1.29, 1.82) is 0 Å². The summed E-state index contributed by atoms with van der Waals surface area (Å²) in [5, 5.41) is 11.9. The Morgan fingerprint density at radius 2 is 1.80 bits per heavy atom. The third kappa shape index (κ3) is 3.62. The number of nitrogens with zero attached hydrogens (tertiary/aromatic N) is 4. The van der Waals surface area contributed by atoms with Crippen molar-refractivity contribution in [2.45, 2.75) is 43.7 Å². The lowest BCUT2D eigenvalue weighted by molar-refractivity contribution is -0.110. The van der Waals surface area contributed by atoms with Gasteiger partial charge in [0.25, 0.3) is 5.91 Å². The van der Waals surface area contributed by atoms with Crippen LogP contribution in [0.2, 0.25) is 0 Å². The van der Waals surface area contributed by atoms with Crippen molar-refractivity contribution >= 4 is 11.6 Å². The van der Waals surface area contributed by atoms with Crippen molar-refractivity contribution < 1.29 is 14.3 Å². The van der Waals surface area contributed by atoms with E-state index in [1.165, 1.54) is 12.1 Å². The number of rotatable bonds is 3. The number of halogens is 1. The van der Waals surface area contributed by atoms with Crippen LogP contribution in [0.4, 0.5) is 4.39 Å². The summed E-state index contributed by atoms with van der Waals surface area (Å²) < 4.78 is 15.2. The molecule has 2 aliphatic rings. The van der Waals surface area contributed by atoms with Gasteiger partial charge in [-0.1, -0.05) is 43.2 Å². The quantitative estimate of drug-likeness (QED) is 0.466. The first-order valence-electron chi connectivity index (χ1n) is 12.2. The van der Waals surface area contributed by atoms with Gasteiger partial charge in [-0.05, 0) is 55.2 Å². The topological polar surface area (TPSA) is 70.7 Å². The lowest BCUT2D eigenvalue weighted by atomic mass is 9.66. The Labute approximate surface area is 203 Å². The minimum Gasteiger partial charge on any atom is -0.385 e. The molecule has 1 aliphatic heterocycles. The van der Waals surface area contributed by atoms with Crippen molar-refractivity contribution in [1.82, 2.24) is 19.3 Å². The number of piperidine rings is 1. The molecule has 178 valence electrons. The summed E-state index contributed by atoms with van der Waals surface area (Å²) in [4.78, 5) is 25.1. The number of aliphatic hydroxyl groups is 1. The molecule has 1 saturated heterocycles. The Hall–Kier alpha value is -3.58. The highest BCUT2D eigenvalue weighted by molar-refractivity contribution is 5.94. The van der Waals surface area contributed by atoms with Gasteiger partial charge >= 0.3 is 0 Å².